The summed E-state index contributed by atoms with van der Waals surface area (Å²) in [5.41, 5.74) is 3.10. The normalized spacial score (nSPS) is 15.4. The third-order valence-corrected chi connectivity index (χ3v) is 6.38. The SMILES string of the molecule is CC(C)c1cc(Nc2nc3cc(Oc4ccnc(NC(=O)C5CCNC5)c4)ccc3n2C)ccc1F. The summed E-state index contributed by atoms with van der Waals surface area (Å²) in [6, 6.07) is 14.1. The monoisotopic (exact) mass is 488 g/mol. The maximum Gasteiger partial charge on any atom is 0.229 e. The topological polar surface area (TPSA) is 93.1 Å². The second-order valence-corrected chi connectivity index (χ2v) is 9.32. The van der Waals surface area contributed by atoms with E-state index < -0.39 is 0 Å². The Labute approximate surface area is 208 Å². The first kappa shape index (κ1) is 23.7. The molecule has 1 aliphatic heterocycles. The molecular formula is C27H29FN6O2. The average Bonchev–Trinajstić information content (AvgIpc) is 3.49. The molecule has 36 heavy (non-hydrogen) atoms. The van der Waals surface area contributed by atoms with Gasteiger partial charge in [0.2, 0.25) is 11.9 Å². The number of fused-ring (bicyclic) bond motifs is 1. The van der Waals surface area contributed by atoms with Crippen molar-refractivity contribution in [3.8, 4) is 11.5 Å². The number of hydrogen-bond donors (Lipinski definition) is 3. The van der Waals surface area contributed by atoms with Gasteiger partial charge in [0.15, 0.2) is 0 Å². The fourth-order valence-electron chi connectivity index (χ4n) is 4.33. The lowest BCUT2D eigenvalue weighted by Crippen LogP contribution is -2.25. The maximum atomic E-state index is 14.1. The van der Waals surface area contributed by atoms with Crippen LogP contribution in [0.5, 0.6) is 11.5 Å². The number of aryl methyl sites for hydroxylation is 1. The average molecular weight is 489 g/mol. The van der Waals surface area contributed by atoms with Crippen LogP contribution in [-0.2, 0) is 11.8 Å². The number of ether oxygens (including phenoxy) is 1. The number of hydrogen-bond acceptors (Lipinski definition) is 6. The molecule has 1 unspecified atom stereocenters. The Hall–Kier alpha value is -3.98. The highest BCUT2D eigenvalue weighted by Gasteiger charge is 2.22. The number of amides is 1. The van der Waals surface area contributed by atoms with Gasteiger partial charge in [0.1, 0.15) is 23.1 Å². The Morgan fingerprint density at radius 2 is 2.00 bits per heavy atom. The molecule has 3 N–H and O–H groups in total. The molecule has 2 aromatic heterocycles. The highest BCUT2D eigenvalue weighted by atomic mass is 19.1. The predicted molar refractivity (Wildman–Crippen MR) is 138 cm³/mol. The molecule has 2 aromatic carbocycles. The summed E-state index contributed by atoms with van der Waals surface area (Å²) in [6.45, 7) is 5.46. The third kappa shape index (κ3) is 5.01. The van der Waals surface area contributed by atoms with Crippen LogP contribution in [0.4, 0.5) is 21.8 Å². The van der Waals surface area contributed by atoms with Gasteiger partial charge in [-0.2, -0.15) is 0 Å². The molecule has 0 radical (unpaired) electrons. The second kappa shape index (κ2) is 9.94. The minimum absolute atomic E-state index is 0.0405. The lowest BCUT2D eigenvalue weighted by atomic mass is 10.0. The van der Waals surface area contributed by atoms with Crippen molar-refractivity contribution in [1.82, 2.24) is 19.9 Å². The number of imidazole rings is 1. The predicted octanol–water partition coefficient (Wildman–Crippen LogP) is 5.31. The van der Waals surface area contributed by atoms with Gasteiger partial charge in [0.05, 0.1) is 17.0 Å². The number of nitrogens with zero attached hydrogens (tertiary/aromatic N) is 3. The first-order valence-electron chi connectivity index (χ1n) is 12.1. The molecule has 186 valence electrons. The standard InChI is InChI=1S/C27H29FN6O2/c1-16(2)21-12-18(4-6-22(21)28)31-27-32-23-13-19(5-7-24(23)34(27)3)36-20-9-11-30-25(14-20)33-26(35)17-8-10-29-15-17/h4-7,9,11-14,16-17,29H,8,10,15H2,1-3H3,(H,31,32)(H,30,33,35). The van der Waals surface area contributed by atoms with Crippen LogP contribution in [0.1, 0.15) is 31.7 Å². The lowest BCUT2D eigenvalue weighted by molar-refractivity contribution is -0.119. The van der Waals surface area contributed by atoms with E-state index in [9.17, 15) is 9.18 Å². The molecule has 0 bridgehead atoms. The molecule has 0 saturated carbocycles. The third-order valence-electron chi connectivity index (χ3n) is 6.38. The van der Waals surface area contributed by atoms with E-state index in [1.165, 1.54) is 6.07 Å². The number of halogens is 1. The van der Waals surface area contributed by atoms with E-state index in [1.54, 1.807) is 24.4 Å². The van der Waals surface area contributed by atoms with Crippen molar-refractivity contribution in [3.05, 3.63) is 66.1 Å². The molecule has 4 aromatic rings. The summed E-state index contributed by atoms with van der Waals surface area (Å²) in [4.78, 5) is 21.3. The van der Waals surface area contributed by atoms with Gasteiger partial charge in [0.25, 0.3) is 0 Å². The minimum atomic E-state index is -0.211. The van der Waals surface area contributed by atoms with Crippen molar-refractivity contribution in [1.29, 1.82) is 0 Å². The zero-order valence-corrected chi connectivity index (χ0v) is 20.5. The Morgan fingerprint density at radius 3 is 2.78 bits per heavy atom. The van der Waals surface area contributed by atoms with Gasteiger partial charge in [-0.05, 0) is 60.8 Å². The molecule has 3 heterocycles. The maximum absolute atomic E-state index is 14.1. The number of nitrogens with one attached hydrogen (secondary N) is 3. The van der Waals surface area contributed by atoms with Crippen LogP contribution in [0.25, 0.3) is 11.0 Å². The summed E-state index contributed by atoms with van der Waals surface area (Å²) < 4.78 is 22.1. The van der Waals surface area contributed by atoms with E-state index in [2.05, 4.69) is 20.9 Å². The molecule has 9 heteroatoms. The van der Waals surface area contributed by atoms with Crippen molar-refractivity contribution in [2.75, 3.05) is 23.7 Å². The summed E-state index contributed by atoms with van der Waals surface area (Å²) in [7, 11) is 1.92. The minimum Gasteiger partial charge on any atom is -0.457 e. The molecule has 0 aliphatic carbocycles. The number of pyridine rings is 1. The molecule has 8 nitrogen and oxygen atoms in total. The summed E-state index contributed by atoms with van der Waals surface area (Å²) in [6.07, 6.45) is 2.43. The van der Waals surface area contributed by atoms with Crippen LogP contribution in [0.3, 0.4) is 0 Å². The molecule has 1 amide bonds. The number of carbonyl (C=O) groups is 1. The smallest absolute Gasteiger partial charge is 0.229 e. The molecule has 1 atom stereocenters. The molecule has 5 rings (SSSR count). The molecular weight excluding hydrogens is 459 g/mol. The number of benzene rings is 2. The van der Waals surface area contributed by atoms with E-state index >= 15 is 0 Å². The van der Waals surface area contributed by atoms with Crippen LogP contribution < -0.4 is 20.7 Å². The fraction of sp³-hybridized carbons (Fsp3) is 0.296. The highest BCUT2D eigenvalue weighted by molar-refractivity contribution is 5.92. The van der Waals surface area contributed by atoms with E-state index in [0.717, 1.165) is 29.7 Å². The van der Waals surface area contributed by atoms with Gasteiger partial charge < -0.3 is 25.3 Å². The summed E-state index contributed by atoms with van der Waals surface area (Å²) in [5.74, 6) is 2.04. The van der Waals surface area contributed by atoms with Crippen LogP contribution >= 0.6 is 0 Å². The Morgan fingerprint density at radius 1 is 1.17 bits per heavy atom. The first-order valence-corrected chi connectivity index (χ1v) is 12.1. The zero-order valence-electron chi connectivity index (χ0n) is 20.5. The van der Waals surface area contributed by atoms with Gasteiger partial charge >= 0.3 is 0 Å². The van der Waals surface area contributed by atoms with Gasteiger partial charge in [-0.25, -0.2) is 14.4 Å². The first-order chi connectivity index (χ1) is 17.4. The van der Waals surface area contributed by atoms with Gasteiger partial charge in [-0.15, -0.1) is 0 Å². The summed E-state index contributed by atoms with van der Waals surface area (Å²) >= 11 is 0. The van der Waals surface area contributed by atoms with Crippen LogP contribution in [0.2, 0.25) is 0 Å². The van der Waals surface area contributed by atoms with Gasteiger partial charge in [0, 0.05) is 37.6 Å². The molecule has 1 fully saturated rings. The van der Waals surface area contributed by atoms with Crippen LogP contribution in [0.15, 0.2) is 54.7 Å². The Bertz CT molecular complexity index is 1410. The van der Waals surface area contributed by atoms with E-state index in [4.69, 9.17) is 9.72 Å². The zero-order chi connectivity index (χ0) is 25.2. The fourth-order valence-corrected chi connectivity index (χ4v) is 4.33. The highest BCUT2D eigenvalue weighted by Crippen LogP contribution is 2.30. The number of aromatic nitrogens is 3. The van der Waals surface area contributed by atoms with Crippen molar-refractivity contribution >= 4 is 34.4 Å². The molecule has 1 aliphatic rings. The van der Waals surface area contributed by atoms with Crippen LogP contribution in [0, 0.1) is 11.7 Å². The second-order valence-electron chi connectivity index (χ2n) is 9.32. The van der Waals surface area contributed by atoms with E-state index in [-0.39, 0.29) is 23.6 Å². The number of carbonyl (C=O) groups excluding carboxylic acids is 1. The van der Waals surface area contributed by atoms with Crippen molar-refractivity contribution in [2.24, 2.45) is 13.0 Å². The van der Waals surface area contributed by atoms with Crippen LogP contribution in [-0.4, -0.2) is 33.5 Å². The lowest BCUT2D eigenvalue weighted by Gasteiger charge is -2.11. The summed E-state index contributed by atoms with van der Waals surface area (Å²) in [5, 5.41) is 9.36. The van der Waals surface area contributed by atoms with Crippen molar-refractivity contribution in [3.63, 3.8) is 0 Å². The van der Waals surface area contributed by atoms with E-state index in [1.807, 2.05) is 49.7 Å². The number of rotatable bonds is 7. The Balaban J connectivity index is 1.33. The Kier molecular flexibility index (Phi) is 6.56. The molecule has 1 saturated heterocycles. The molecule has 0 spiro atoms. The van der Waals surface area contributed by atoms with Crippen molar-refractivity contribution in [2.45, 2.75) is 26.2 Å². The van der Waals surface area contributed by atoms with E-state index in [0.29, 0.717) is 35.4 Å². The van der Waals surface area contributed by atoms with Gasteiger partial charge in [-0.3, -0.25) is 4.79 Å². The van der Waals surface area contributed by atoms with Crippen molar-refractivity contribution < 1.29 is 13.9 Å². The van der Waals surface area contributed by atoms with Gasteiger partial charge in [-0.1, -0.05) is 13.8 Å². The largest absolute Gasteiger partial charge is 0.457 e. The quantitative estimate of drug-likeness (QED) is 0.326. The number of anilines is 3.